The molecule has 1 aromatic heterocycles. The molecule has 7 rings (SSSR count). The third-order valence-electron chi connectivity index (χ3n) is 10.7. The van der Waals surface area contributed by atoms with E-state index in [0.29, 0.717) is 0 Å². The highest BCUT2D eigenvalue weighted by atomic mass is 19.2. The van der Waals surface area contributed by atoms with E-state index in [-0.39, 0.29) is 0 Å². The lowest BCUT2D eigenvalue weighted by atomic mass is 9.12. The Morgan fingerprint density at radius 2 is 0.603 bits per heavy atom. The highest BCUT2D eigenvalue weighted by Crippen LogP contribution is 2.34. The Morgan fingerprint density at radius 1 is 0.349 bits per heavy atom. The van der Waals surface area contributed by atoms with Crippen LogP contribution >= 0.6 is 0 Å². The third-order valence-corrected chi connectivity index (χ3v) is 10.7. The molecule has 5 aromatic carbocycles. The van der Waals surface area contributed by atoms with E-state index in [1.807, 2.05) is 0 Å². The molecule has 1 heterocycles. The Labute approximate surface area is 340 Å². The first-order valence-corrected chi connectivity index (χ1v) is 17.9. The van der Waals surface area contributed by atoms with Gasteiger partial charge in [-0.1, -0.05) is 43.2 Å². The molecule has 0 unspecified atom stereocenters. The van der Waals surface area contributed by atoms with Crippen LogP contribution in [0.4, 0.5) is 87.8 Å². The number of nitrogens with zero attached hydrogens (tertiary/aromatic N) is 1. The maximum atomic E-state index is 15.4. The monoisotopic (exact) mass is 917 g/mol. The van der Waals surface area contributed by atoms with Gasteiger partial charge in [-0.3, -0.25) is 0 Å². The van der Waals surface area contributed by atoms with E-state index in [4.69, 9.17) is 0 Å². The number of rotatable bonds is 7. The van der Waals surface area contributed by atoms with E-state index in [1.54, 1.807) is 0 Å². The second kappa shape index (κ2) is 17.6. The second-order valence-corrected chi connectivity index (χ2v) is 14.1. The van der Waals surface area contributed by atoms with Gasteiger partial charge in [0.15, 0.2) is 88.7 Å². The van der Waals surface area contributed by atoms with Gasteiger partial charge in [0.25, 0.3) is 0 Å². The van der Waals surface area contributed by atoms with Crippen molar-refractivity contribution >= 4 is 28.0 Å². The van der Waals surface area contributed by atoms with Crippen LogP contribution in [0, 0.1) is 116 Å². The smallest absolute Gasteiger partial charge is 0.200 e. The molecular formula is C41H20BF20N. The Kier molecular flexibility index (Phi) is 13.0. The van der Waals surface area contributed by atoms with E-state index in [2.05, 4.69) is 59.4 Å². The fourth-order valence-corrected chi connectivity index (χ4v) is 7.77. The van der Waals surface area contributed by atoms with E-state index < -0.39 is 144 Å². The number of halogens is 20. The molecule has 22 heteroatoms. The van der Waals surface area contributed by atoms with Crippen LogP contribution in [0.2, 0.25) is 0 Å². The molecule has 332 valence electrons. The van der Waals surface area contributed by atoms with Gasteiger partial charge in [-0.2, -0.15) is 0 Å². The molecule has 0 radical (unpaired) electrons. The van der Waals surface area contributed by atoms with Crippen molar-refractivity contribution in [3.8, 4) is 0 Å². The maximum Gasteiger partial charge on any atom is 0.200 e. The third kappa shape index (κ3) is 7.53. The van der Waals surface area contributed by atoms with Crippen molar-refractivity contribution in [1.29, 1.82) is 0 Å². The van der Waals surface area contributed by atoms with Crippen molar-refractivity contribution < 1.29 is 92.4 Å². The summed E-state index contributed by atoms with van der Waals surface area (Å²) in [5, 5.41) is 0. The SMILES string of the molecule is Fc1c(F)c(F)c([B-](c2c(F)c(F)c(F)c(F)c2F)(c2c(F)c(F)c(F)c(F)c2F)c2c(F)c(F)c(F)c(F)c2F)c(F)c1F.c1ccc(C[n+]2ccc(C3CCCC3)cc2)cc1. The van der Waals surface area contributed by atoms with Crippen molar-refractivity contribution in [1.82, 2.24) is 0 Å². The average molecular weight is 917 g/mol. The van der Waals surface area contributed by atoms with Gasteiger partial charge in [0.2, 0.25) is 0 Å². The zero-order chi connectivity index (χ0) is 46.6. The lowest BCUT2D eigenvalue weighted by Gasteiger charge is -2.44. The van der Waals surface area contributed by atoms with Gasteiger partial charge in [-0.05, 0) is 24.3 Å². The minimum Gasteiger partial charge on any atom is -0.207 e. The number of pyridine rings is 1. The maximum absolute atomic E-state index is 15.4. The normalized spacial score (nSPS) is 13.1. The van der Waals surface area contributed by atoms with Gasteiger partial charge in [0.05, 0.1) is 0 Å². The minimum atomic E-state index is -7.22. The minimum absolute atomic E-state index is 0.816. The quantitative estimate of drug-likeness (QED) is 0.0495. The van der Waals surface area contributed by atoms with Crippen LogP contribution in [0.5, 0.6) is 0 Å². The zero-order valence-corrected chi connectivity index (χ0v) is 30.9. The van der Waals surface area contributed by atoms with E-state index in [1.165, 1.54) is 36.8 Å². The predicted octanol–water partition coefficient (Wildman–Crippen LogP) is 9.53. The first-order chi connectivity index (χ1) is 29.6. The molecule has 1 fully saturated rings. The first kappa shape index (κ1) is 46.4. The summed E-state index contributed by atoms with van der Waals surface area (Å²) >= 11 is 0. The van der Waals surface area contributed by atoms with Crippen molar-refractivity contribution in [2.75, 3.05) is 0 Å². The summed E-state index contributed by atoms with van der Waals surface area (Å²) in [7, 11) is 0. The first-order valence-electron chi connectivity index (χ1n) is 17.9. The van der Waals surface area contributed by atoms with E-state index in [9.17, 15) is 52.7 Å². The Balaban J connectivity index is 0.000000302. The molecule has 0 amide bonds. The van der Waals surface area contributed by atoms with Crippen LogP contribution < -0.4 is 26.4 Å². The molecule has 1 aliphatic carbocycles. The molecule has 0 N–H and O–H groups in total. The Hall–Kier alpha value is -6.09. The van der Waals surface area contributed by atoms with Gasteiger partial charge in [0, 0.05) is 17.7 Å². The topological polar surface area (TPSA) is 3.88 Å². The van der Waals surface area contributed by atoms with Crippen LogP contribution in [0.1, 0.15) is 42.7 Å². The van der Waals surface area contributed by atoms with Gasteiger partial charge in [-0.25, -0.2) is 92.4 Å². The second-order valence-electron chi connectivity index (χ2n) is 14.1. The number of hydrogen-bond donors (Lipinski definition) is 0. The lowest BCUT2D eigenvalue weighted by Crippen LogP contribution is -2.81. The molecule has 0 spiro atoms. The number of hydrogen-bond acceptors (Lipinski definition) is 0. The van der Waals surface area contributed by atoms with Crippen molar-refractivity contribution in [3.63, 3.8) is 0 Å². The molecule has 63 heavy (non-hydrogen) atoms. The predicted molar refractivity (Wildman–Crippen MR) is 183 cm³/mol. The summed E-state index contributed by atoms with van der Waals surface area (Å²) in [5.74, 6) is -70.6. The fraction of sp³-hybridized carbons (Fsp3) is 0.146. The standard InChI is InChI=1S/C24BF20.C17H20N/c26-5-1(6(27)14(35)21(42)13(5)34)25(2-7(28)15(36)22(43)16(37)8(2)29,3-9(30)17(38)23(44)18(39)10(3)31)4-11(32)19(40)24(45)20(41)12(4)33;1-2-6-15(7-3-1)14-18-12-10-17(11-13-18)16-8-4-5-9-16/h;1-3,6-7,10-13,16H,4-5,8-9,14H2/q-1;+1. The summed E-state index contributed by atoms with van der Waals surface area (Å²) in [6.07, 6.45) is 2.80. The van der Waals surface area contributed by atoms with Crippen molar-refractivity contribution in [2.45, 2.75) is 38.1 Å². The Morgan fingerprint density at radius 3 is 0.873 bits per heavy atom. The van der Waals surface area contributed by atoms with Crippen LogP contribution in [0.25, 0.3) is 0 Å². The molecule has 1 nitrogen and oxygen atoms in total. The summed E-state index contributed by atoms with van der Waals surface area (Å²) in [4.78, 5) is 0. The largest absolute Gasteiger partial charge is 0.207 e. The molecule has 6 aromatic rings. The summed E-state index contributed by atoms with van der Waals surface area (Å²) in [6, 6.07) is 15.2. The fourth-order valence-electron chi connectivity index (χ4n) is 7.77. The van der Waals surface area contributed by atoms with Gasteiger partial charge in [-0.15, -0.1) is 21.9 Å². The van der Waals surface area contributed by atoms with Gasteiger partial charge >= 0.3 is 0 Å². The van der Waals surface area contributed by atoms with Gasteiger partial charge < -0.3 is 0 Å². The molecule has 1 aliphatic rings. The van der Waals surface area contributed by atoms with Gasteiger partial charge in [0.1, 0.15) is 52.7 Å². The number of benzene rings is 5. The molecular weight excluding hydrogens is 897 g/mol. The highest BCUT2D eigenvalue weighted by molar-refractivity contribution is 7.20. The molecule has 0 saturated heterocycles. The van der Waals surface area contributed by atoms with E-state index >= 15 is 35.1 Å². The molecule has 0 bridgehead atoms. The van der Waals surface area contributed by atoms with Crippen LogP contribution in [0.3, 0.4) is 0 Å². The number of aromatic nitrogens is 1. The zero-order valence-electron chi connectivity index (χ0n) is 30.9. The van der Waals surface area contributed by atoms with Crippen LogP contribution in [-0.4, -0.2) is 6.15 Å². The lowest BCUT2D eigenvalue weighted by molar-refractivity contribution is -0.688. The highest BCUT2D eigenvalue weighted by Gasteiger charge is 2.52. The summed E-state index contributed by atoms with van der Waals surface area (Å²) < 4.78 is 296. The van der Waals surface area contributed by atoms with E-state index in [0.717, 1.165) is 12.5 Å². The average Bonchev–Trinajstić information content (AvgIpc) is 3.82. The van der Waals surface area contributed by atoms with Crippen molar-refractivity contribution in [3.05, 3.63) is 182 Å². The molecule has 0 aliphatic heterocycles. The summed E-state index contributed by atoms with van der Waals surface area (Å²) in [5.41, 5.74) is -11.4. The van der Waals surface area contributed by atoms with Crippen molar-refractivity contribution in [2.24, 2.45) is 0 Å². The molecule has 1 saturated carbocycles. The van der Waals surface area contributed by atoms with Crippen LogP contribution in [0.15, 0.2) is 54.9 Å². The van der Waals surface area contributed by atoms with Crippen LogP contribution in [-0.2, 0) is 6.54 Å². The molecule has 0 atom stereocenters. The summed E-state index contributed by atoms with van der Waals surface area (Å²) in [6.45, 7) is 0.964. The Bertz CT molecular complexity index is 2370.